The van der Waals surface area contributed by atoms with E-state index in [0.717, 1.165) is 32.5 Å². The number of hydrogen-bond donors (Lipinski definition) is 0. The molecule has 4 nitrogen and oxygen atoms in total. The van der Waals surface area contributed by atoms with Crippen LogP contribution >= 0.6 is 22.6 Å². The van der Waals surface area contributed by atoms with Gasteiger partial charge in [0.1, 0.15) is 32.2 Å². The molecule has 7 heteroatoms. The molecule has 3 heterocycles. The van der Waals surface area contributed by atoms with Gasteiger partial charge in [-0.1, -0.05) is 91.0 Å². The molecular formula is C35H25F2IN4. The molecule has 0 bridgehead atoms. The Morgan fingerprint density at radius 3 is 2.12 bits per heavy atom. The van der Waals surface area contributed by atoms with E-state index >= 15 is 8.78 Å². The van der Waals surface area contributed by atoms with Gasteiger partial charge in [0.25, 0.3) is 0 Å². The van der Waals surface area contributed by atoms with E-state index in [2.05, 4.69) is 70.1 Å². The molecule has 3 aromatic carbocycles. The number of pyridine rings is 1. The van der Waals surface area contributed by atoms with Gasteiger partial charge < -0.3 is 0 Å². The fraction of sp³-hybridized carbons (Fsp3) is 0.0857. The van der Waals surface area contributed by atoms with Crippen molar-refractivity contribution in [1.82, 2.24) is 19.2 Å². The highest BCUT2D eigenvalue weighted by Crippen LogP contribution is 2.46. The van der Waals surface area contributed by atoms with E-state index in [9.17, 15) is 0 Å². The Bertz CT molecular complexity index is 1900. The summed E-state index contributed by atoms with van der Waals surface area (Å²) < 4.78 is 35.8. The van der Waals surface area contributed by atoms with Gasteiger partial charge in [0.05, 0.1) is 11.8 Å². The maximum atomic E-state index is 15.5. The summed E-state index contributed by atoms with van der Waals surface area (Å²) in [4.78, 5) is 4.45. The second-order valence-corrected chi connectivity index (χ2v) is 11.4. The maximum Gasteiger partial charge on any atom is 0.137 e. The zero-order valence-electron chi connectivity index (χ0n) is 22.4. The summed E-state index contributed by atoms with van der Waals surface area (Å²) in [6.45, 7) is 0. The first-order valence-electron chi connectivity index (χ1n) is 13.7. The molecule has 7 rings (SSSR count). The second-order valence-electron chi connectivity index (χ2n) is 10.3. The quantitative estimate of drug-likeness (QED) is 0.167. The fourth-order valence-electron chi connectivity index (χ4n) is 6.09. The van der Waals surface area contributed by atoms with Crippen LogP contribution in [0.3, 0.4) is 0 Å². The molecule has 206 valence electrons. The second kappa shape index (κ2) is 10.8. The third kappa shape index (κ3) is 4.30. The van der Waals surface area contributed by atoms with E-state index in [1.807, 2.05) is 76.1 Å². The molecule has 1 atom stereocenters. The van der Waals surface area contributed by atoms with Crippen molar-refractivity contribution >= 4 is 28.2 Å². The molecular weight excluding hydrogens is 641 g/mol. The molecule has 6 aromatic rings. The van der Waals surface area contributed by atoms with Crippen LogP contribution in [0.25, 0.3) is 28.0 Å². The molecule has 0 saturated carbocycles. The Labute approximate surface area is 255 Å². The highest BCUT2D eigenvalue weighted by Gasteiger charge is 2.44. The number of hydrogen-bond acceptors (Lipinski definition) is 2. The first-order chi connectivity index (χ1) is 20.6. The maximum absolute atomic E-state index is 15.5. The number of aromatic nitrogens is 4. The third-order valence-electron chi connectivity index (χ3n) is 7.99. The average molecular weight is 667 g/mol. The van der Waals surface area contributed by atoms with Crippen LogP contribution in [-0.4, -0.2) is 19.2 Å². The predicted octanol–water partition coefficient (Wildman–Crippen LogP) is 8.67. The zero-order valence-corrected chi connectivity index (χ0v) is 24.6. The van der Waals surface area contributed by atoms with Gasteiger partial charge >= 0.3 is 0 Å². The van der Waals surface area contributed by atoms with Crippen LogP contribution < -0.4 is 0 Å². The largest absolute Gasteiger partial charge is 0.294 e. The molecule has 1 unspecified atom stereocenters. The smallest absolute Gasteiger partial charge is 0.137 e. The number of rotatable bonds is 6. The van der Waals surface area contributed by atoms with Crippen molar-refractivity contribution in [3.8, 4) is 22.4 Å². The summed E-state index contributed by atoms with van der Waals surface area (Å²) >= 11 is 2.23. The number of benzene rings is 3. The Morgan fingerprint density at radius 2 is 1.48 bits per heavy atom. The van der Waals surface area contributed by atoms with Crippen LogP contribution in [0.4, 0.5) is 8.78 Å². The van der Waals surface area contributed by atoms with E-state index in [4.69, 9.17) is 5.10 Å². The molecule has 0 amide bonds. The minimum atomic E-state index is -0.813. The summed E-state index contributed by atoms with van der Waals surface area (Å²) in [6, 6.07) is 28.2. The van der Waals surface area contributed by atoms with Crippen molar-refractivity contribution in [2.24, 2.45) is 5.92 Å². The van der Waals surface area contributed by atoms with Crippen LogP contribution in [0.1, 0.15) is 17.5 Å². The van der Waals surface area contributed by atoms with Gasteiger partial charge in [-0.15, -0.1) is 0 Å². The number of nitrogens with zero attached hydrogens (tertiary/aromatic N) is 4. The van der Waals surface area contributed by atoms with E-state index in [0.29, 0.717) is 5.56 Å². The number of halogens is 3. The molecule has 1 aliphatic carbocycles. The van der Waals surface area contributed by atoms with Gasteiger partial charge in [0.2, 0.25) is 0 Å². The van der Waals surface area contributed by atoms with Gasteiger partial charge in [0.15, 0.2) is 0 Å². The SMILES string of the molecule is Fc1cccc(F)c1-c1nn(C(c2ccccc2)(c2ccccc2)C2C=CC=CC2)cc1-c1ccc2ncc(I)n2c1. The van der Waals surface area contributed by atoms with Gasteiger partial charge in [-0.25, -0.2) is 13.8 Å². The summed E-state index contributed by atoms with van der Waals surface area (Å²) in [7, 11) is 0. The molecule has 0 spiro atoms. The third-order valence-corrected chi connectivity index (χ3v) is 8.79. The van der Waals surface area contributed by atoms with Crippen molar-refractivity contribution in [3.63, 3.8) is 0 Å². The lowest BCUT2D eigenvalue weighted by atomic mass is 9.70. The molecule has 0 saturated heterocycles. The van der Waals surface area contributed by atoms with E-state index < -0.39 is 17.2 Å². The molecule has 0 radical (unpaired) electrons. The van der Waals surface area contributed by atoms with Crippen LogP contribution in [-0.2, 0) is 5.54 Å². The average Bonchev–Trinajstić information content (AvgIpc) is 3.63. The van der Waals surface area contributed by atoms with Crippen molar-refractivity contribution in [1.29, 1.82) is 0 Å². The van der Waals surface area contributed by atoms with Gasteiger partial charge in [-0.05, 0) is 64.4 Å². The Kier molecular flexibility index (Phi) is 6.82. The minimum absolute atomic E-state index is 0.0320. The van der Waals surface area contributed by atoms with E-state index in [-0.39, 0.29) is 17.2 Å². The van der Waals surface area contributed by atoms with Gasteiger partial charge in [-0.3, -0.25) is 9.08 Å². The van der Waals surface area contributed by atoms with Gasteiger partial charge in [-0.2, -0.15) is 5.10 Å². The first-order valence-corrected chi connectivity index (χ1v) is 14.8. The molecule has 42 heavy (non-hydrogen) atoms. The Hall–Kier alpha value is -4.37. The minimum Gasteiger partial charge on any atom is -0.294 e. The Balaban J connectivity index is 1.58. The Morgan fingerprint density at radius 1 is 0.786 bits per heavy atom. The number of imidazole rings is 1. The molecule has 3 aromatic heterocycles. The highest BCUT2D eigenvalue weighted by molar-refractivity contribution is 14.1. The van der Waals surface area contributed by atoms with Crippen molar-refractivity contribution in [2.45, 2.75) is 12.0 Å². The number of fused-ring (bicyclic) bond motifs is 1. The molecule has 1 aliphatic rings. The summed E-state index contributed by atoms with van der Waals surface area (Å²) in [5, 5.41) is 5.12. The van der Waals surface area contributed by atoms with Crippen LogP contribution in [0.15, 0.2) is 134 Å². The zero-order chi connectivity index (χ0) is 28.7. The predicted molar refractivity (Wildman–Crippen MR) is 170 cm³/mol. The highest BCUT2D eigenvalue weighted by atomic mass is 127. The van der Waals surface area contributed by atoms with E-state index in [1.165, 1.54) is 18.2 Å². The lowest BCUT2D eigenvalue weighted by Crippen LogP contribution is -2.43. The molecule has 0 fully saturated rings. The fourth-order valence-corrected chi connectivity index (χ4v) is 6.61. The van der Waals surface area contributed by atoms with E-state index in [1.54, 1.807) is 6.20 Å². The van der Waals surface area contributed by atoms with Crippen LogP contribution in [0.2, 0.25) is 0 Å². The lowest BCUT2D eigenvalue weighted by molar-refractivity contribution is 0.293. The topological polar surface area (TPSA) is 35.1 Å². The lowest BCUT2D eigenvalue weighted by Gasteiger charge is -2.41. The van der Waals surface area contributed by atoms with Crippen molar-refractivity contribution < 1.29 is 8.78 Å². The van der Waals surface area contributed by atoms with Gasteiger partial charge in [0, 0.05) is 29.4 Å². The summed E-state index contributed by atoms with van der Waals surface area (Å²) in [6.07, 6.45) is 14.9. The molecule has 0 aliphatic heterocycles. The summed E-state index contributed by atoms with van der Waals surface area (Å²) in [5.74, 6) is -1.36. The first kappa shape index (κ1) is 26.5. The van der Waals surface area contributed by atoms with Crippen LogP contribution in [0, 0.1) is 21.3 Å². The standard InChI is InChI=1S/C35H25F2IN4/c36-29-17-10-18-30(37)33(29)34-28(24-19-20-32-39-21-31(38)41(32)22-24)23-42(40-34)35(25-11-4-1-5-12-25,26-13-6-2-7-14-26)27-15-8-3-9-16-27/h1-15,17-23,27H,16H2. The van der Waals surface area contributed by atoms with Crippen LogP contribution in [0.5, 0.6) is 0 Å². The van der Waals surface area contributed by atoms with Crippen molar-refractivity contribution in [2.75, 3.05) is 0 Å². The summed E-state index contributed by atoms with van der Waals surface area (Å²) in [5.41, 5.74) is 3.51. The number of allylic oxidation sites excluding steroid dienone is 4. The normalized spacial score (nSPS) is 15.0. The van der Waals surface area contributed by atoms with Crippen molar-refractivity contribution in [3.05, 3.63) is 160 Å². The molecule has 0 N–H and O–H groups in total. The monoisotopic (exact) mass is 666 g/mol.